The van der Waals surface area contributed by atoms with E-state index < -0.39 is 0 Å². The Balaban J connectivity index is 2.07. The molecule has 0 aliphatic carbocycles. The van der Waals surface area contributed by atoms with Crippen LogP contribution in [0.5, 0.6) is 0 Å². The SMILES string of the molecule is CSc1nn(-c2cccc(C)c2C)c(-c2ccc(C)cc2)c1-n1cncn1. The predicted molar refractivity (Wildman–Crippen MR) is 110 cm³/mol. The van der Waals surface area contributed by atoms with Gasteiger partial charge in [-0.15, -0.1) is 11.8 Å². The van der Waals surface area contributed by atoms with E-state index in [1.165, 1.54) is 16.7 Å². The smallest absolute Gasteiger partial charge is 0.145 e. The lowest BCUT2D eigenvalue weighted by molar-refractivity contribution is 0.828. The summed E-state index contributed by atoms with van der Waals surface area (Å²) in [6, 6.07) is 14.8. The molecule has 6 heteroatoms. The summed E-state index contributed by atoms with van der Waals surface area (Å²) in [5.41, 5.74) is 7.82. The van der Waals surface area contributed by atoms with Gasteiger partial charge < -0.3 is 0 Å². The quantitative estimate of drug-likeness (QED) is 0.482. The molecule has 27 heavy (non-hydrogen) atoms. The third-order valence-electron chi connectivity index (χ3n) is 4.80. The zero-order valence-corrected chi connectivity index (χ0v) is 16.7. The van der Waals surface area contributed by atoms with E-state index in [0.717, 1.165) is 27.7 Å². The summed E-state index contributed by atoms with van der Waals surface area (Å²) in [6.07, 6.45) is 5.31. The molecule has 0 radical (unpaired) electrons. The van der Waals surface area contributed by atoms with E-state index >= 15 is 0 Å². The molecule has 0 saturated carbocycles. The van der Waals surface area contributed by atoms with Crippen LogP contribution in [-0.2, 0) is 0 Å². The first kappa shape index (κ1) is 17.5. The Hall–Kier alpha value is -2.86. The number of hydrogen-bond donors (Lipinski definition) is 0. The van der Waals surface area contributed by atoms with Gasteiger partial charge in [0.15, 0.2) is 0 Å². The summed E-state index contributed by atoms with van der Waals surface area (Å²) in [6.45, 7) is 6.36. The molecule has 0 spiro atoms. The van der Waals surface area contributed by atoms with Gasteiger partial charge in [0.1, 0.15) is 29.1 Å². The Kier molecular flexibility index (Phi) is 4.58. The minimum absolute atomic E-state index is 0.914. The van der Waals surface area contributed by atoms with Crippen LogP contribution in [-0.4, -0.2) is 30.8 Å². The van der Waals surface area contributed by atoms with E-state index in [2.05, 4.69) is 73.3 Å². The summed E-state index contributed by atoms with van der Waals surface area (Å²) in [5, 5.41) is 10.2. The van der Waals surface area contributed by atoms with Crippen LogP contribution in [0, 0.1) is 20.8 Å². The van der Waals surface area contributed by atoms with Gasteiger partial charge in [0.2, 0.25) is 0 Å². The van der Waals surface area contributed by atoms with Gasteiger partial charge in [0, 0.05) is 5.56 Å². The van der Waals surface area contributed by atoms with Crippen molar-refractivity contribution >= 4 is 11.8 Å². The molecule has 0 aliphatic rings. The van der Waals surface area contributed by atoms with Crippen molar-refractivity contribution in [2.24, 2.45) is 0 Å². The number of rotatable bonds is 4. The molecule has 4 rings (SSSR count). The summed E-state index contributed by atoms with van der Waals surface area (Å²) in [4.78, 5) is 4.14. The largest absolute Gasteiger partial charge is 0.229 e. The summed E-state index contributed by atoms with van der Waals surface area (Å²) < 4.78 is 3.84. The van der Waals surface area contributed by atoms with Crippen molar-refractivity contribution in [1.82, 2.24) is 24.5 Å². The van der Waals surface area contributed by atoms with Crippen LogP contribution in [0.25, 0.3) is 22.6 Å². The molecule has 0 amide bonds. The van der Waals surface area contributed by atoms with Crippen molar-refractivity contribution in [2.75, 3.05) is 6.26 Å². The van der Waals surface area contributed by atoms with Crippen LogP contribution >= 0.6 is 11.8 Å². The van der Waals surface area contributed by atoms with E-state index in [4.69, 9.17) is 5.10 Å². The lowest BCUT2D eigenvalue weighted by Gasteiger charge is -2.13. The Morgan fingerprint density at radius 2 is 1.74 bits per heavy atom. The third kappa shape index (κ3) is 3.06. The zero-order valence-electron chi connectivity index (χ0n) is 15.8. The fraction of sp³-hybridized carbons (Fsp3) is 0.190. The molecule has 136 valence electrons. The normalized spacial score (nSPS) is 11.1. The molecule has 2 aromatic carbocycles. The molecule has 2 aromatic heterocycles. The molecule has 2 heterocycles. The Morgan fingerprint density at radius 1 is 0.963 bits per heavy atom. The maximum Gasteiger partial charge on any atom is 0.145 e. The van der Waals surface area contributed by atoms with Gasteiger partial charge in [0.25, 0.3) is 0 Å². The monoisotopic (exact) mass is 375 g/mol. The summed E-state index contributed by atoms with van der Waals surface area (Å²) in [5.74, 6) is 0. The van der Waals surface area contributed by atoms with Crippen molar-refractivity contribution in [1.29, 1.82) is 0 Å². The molecule has 0 aliphatic heterocycles. The lowest BCUT2D eigenvalue weighted by Crippen LogP contribution is -2.04. The number of benzene rings is 2. The molecule has 0 atom stereocenters. The maximum atomic E-state index is 4.95. The van der Waals surface area contributed by atoms with Crippen molar-refractivity contribution in [3.63, 3.8) is 0 Å². The molecule has 4 aromatic rings. The average Bonchev–Trinajstić information content (AvgIpc) is 3.32. The van der Waals surface area contributed by atoms with E-state index in [9.17, 15) is 0 Å². The van der Waals surface area contributed by atoms with Gasteiger partial charge in [-0.3, -0.25) is 0 Å². The van der Waals surface area contributed by atoms with Crippen molar-refractivity contribution < 1.29 is 0 Å². The molecule has 5 nitrogen and oxygen atoms in total. The second-order valence-corrected chi connectivity index (χ2v) is 7.34. The predicted octanol–water partition coefficient (Wildman–Crippen LogP) is 4.77. The topological polar surface area (TPSA) is 48.5 Å². The zero-order chi connectivity index (χ0) is 19.0. The molecule has 0 fully saturated rings. The van der Waals surface area contributed by atoms with Crippen LogP contribution in [0.1, 0.15) is 16.7 Å². The van der Waals surface area contributed by atoms with Gasteiger partial charge in [0.05, 0.1) is 5.69 Å². The Bertz CT molecular complexity index is 1080. The molecular formula is C21H21N5S. The van der Waals surface area contributed by atoms with Crippen LogP contribution < -0.4 is 0 Å². The Labute approximate surface area is 163 Å². The number of aromatic nitrogens is 5. The highest BCUT2D eigenvalue weighted by atomic mass is 32.2. The number of nitrogens with zero attached hydrogens (tertiary/aromatic N) is 5. The van der Waals surface area contributed by atoms with Crippen LogP contribution in [0.4, 0.5) is 0 Å². The highest BCUT2D eigenvalue weighted by molar-refractivity contribution is 7.98. The Morgan fingerprint density at radius 3 is 2.41 bits per heavy atom. The first-order valence-electron chi connectivity index (χ1n) is 8.75. The van der Waals surface area contributed by atoms with Crippen LogP contribution in [0.15, 0.2) is 60.1 Å². The standard InChI is InChI=1S/C21H21N5S/c1-14-8-10-17(11-9-14)19-20(25-13-22-12-23-25)21(27-4)24-26(19)18-7-5-6-15(2)16(18)3/h5-13H,1-4H3. The van der Waals surface area contributed by atoms with Crippen molar-refractivity contribution in [3.05, 3.63) is 71.8 Å². The van der Waals surface area contributed by atoms with E-state index in [1.54, 1.807) is 29.1 Å². The minimum atomic E-state index is 0.914. The van der Waals surface area contributed by atoms with E-state index in [1.807, 2.05) is 10.9 Å². The number of aryl methyl sites for hydroxylation is 2. The van der Waals surface area contributed by atoms with Crippen molar-refractivity contribution in [2.45, 2.75) is 25.8 Å². The van der Waals surface area contributed by atoms with Gasteiger partial charge in [-0.05, 0) is 44.2 Å². The van der Waals surface area contributed by atoms with E-state index in [0.29, 0.717) is 0 Å². The summed E-state index contributed by atoms with van der Waals surface area (Å²) >= 11 is 1.61. The van der Waals surface area contributed by atoms with Crippen molar-refractivity contribution in [3.8, 4) is 22.6 Å². The molecule has 0 unspecified atom stereocenters. The first-order chi connectivity index (χ1) is 13.1. The molecule has 0 N–H and O–H groups in total. The number of hydrogen-bond acceptors (Lipinski definition) is 4. The highest BCUT2D eigenvalue weighted by Gasteiger charge is 2.23. The second-order valence-electron chi connectivity index (χ2n) is 6.54. The van der Waals surface area contributed by atoms with Gasteiger partial charge in [-0.1, -0.05) is 42.0 Å². The molecular weight excluding hydrogens is 354 g/mol. The third-order valence-corrected chi connectivity index (χ3v) is 5.46. The fourth-order valence-electron chi connectivity index (χ4n) is 3.17. The fourth-order valence-corrected chi connectivity index (χ4v) is 3.71. The first-order valence-corrected chi connectivity index (χ1v) is 9.98. The van der Waals surface area contributed by atoms with Gasteiger partial charge in [-0.2, -0.15) is 10.2 Å². The van der Waals surface area contributed by atoms with Crippen LogP contribution in [0.2, 0.25) is 0 Å². The average molecular weight is 376 g/mol. The lowest BCUT2D eigenvalue weighted by atomic mass is 10.1. The van der Waals surface area contributed by atoms with Gasteiger partial charge >= 0.3 is 0 Å². The minimum Gasteiger partial charge on any atom is -0.229 e. The summed E-state index contributed by atoms with van der Waals surface area (Å²) in [7, 11) is 0. The van der Waals surface area contributed by atoms with Crippen LogP contribution in [0.3, 0.4) is 0 Å². The molecule has 0 bridgehead atoms. The van der Waals surface area contributed by atoms with E-state index in [-0.39, 0.29) is 0 Å². The second kappa shape index (κ2) is 7.04. The highest BCUT2D eigenvalue weighted by Crippen LogP contribution is 2.36. The maximum absolute atomic E-state index is 4.95. The number of thioether (sulfide) groups is 1. The van der Waals surface area contributed by atoms with Gasteiger partial charge in [-0.25, -0.2) is 14.3 Å². The molecule has 0 saturated heterocycles.